The molecule has 4 N–H and O–H groups in total. The summed E-state index contributed by atoms with van der Waals surface area (Å²) < 4.78 is 17.2. The Morgan fingerprint density at radius 3 is 2.53 bits per heavy atom. The van der Waals surface area contributed by atoms with Crippen LogP contribution < -0.4 is 0 Å². The molecule has 8 unspecified atom stereocenters. The molecule has 210 valence electrons. The van der Waals surface area contributed by atoms with E-state index in [2.05, 4.69) is 13.0 Å². The first-order chi connectivity index (χ1) is 18.0. The topological polar surface area (TPSA) is 149 Å². The summed E-state index contributed by atoms with van der Waals surface area (Å²) in [5.41, 5.74) is -2.59. The first-order valence-corrected chi connectivity index (χ1v) is 14.4. The molecule has 1 saturated heterocycles. The molecule has 9 nitrogen and oxygen atoms in total. The van der Waals surface area contributed by atoms with E-state index in [4.69, 9.17) is 14.2 Å². The smallest absolute Gasteiger partial charge is 0.331 e. The summed E-state index contributed by atoms with van der Waals surface area (Å²) in [6.45, 7) is 4.14. The molecule has 12 atom stereocenters. The molecular formula is C29H41NO8. The quantitative estimate of drug-likeness (QED) is 0.317. The first-order valence-electron chi connectivity index (χ1n) is 14.4. The molecule has 0 amide bonds. The number of ether oxygens (including phenoxy) is 3. The SMILES string of the molecule is CC1OC(OC2CC[C@]3(C#N)[C@H]4CC[C@]5(C)[C@H](C6=CC(=O)OC6)CCC5(O)C4CCC3(O)C2)CC(O)C1O. The summed E-state index contributed by atoms with van der Waals surface area (Å²) in [6.07, 6.45) is 3.63. The van der Waals surface area contributed by atoms with Crippen LogP contribution in [-0.4, -0.2) is 74.9 Å². The van der Waals surface area contributed by atoms with E-state index in [9.17, 15) is 30.5 Å². The molecule has 6 aliphatic rings. The Balaban J connectivity index is 1.22. The average molecular weight is 532 g/mol. The van der Waals surface area contributed by atoms with Gasteiger partial charge in [-0.25, -0.2) is 4.79 Å². The molecule has 2 heterocycles. The Hall–Kier alpha value is -1.54. The molecule has 0 radical (unpaired) electrons. The number of fused-ring (bicyclic) bond motifs is 5. The van der Waals surface area contributed by atoms with Gasteiger partial charge < -0.3 is 34.6 Å². The Morgan fingerprint density at radius 1 is 1.08 bits per heavy atom. The molecule has 38 heavy (non-hydrogen) atoms. The summed E-state index contributed by atoms with van der Waals surface area (Å²) in [4.78, 5) is 11.8. The Bertz CT molecular complexity index is 1050. The molecule has 2 aliphatic heterocycles. The Morgan fingerprint density at radius 2 is 1.84 bits per heavy atom. The number of nitrogens with zero attached hydrogens (tertiary/aromatic N) is 1. The average Bonchev–Trinajstić information content (AvgIpc) is 3.41. The number of aliphatic hydroxyl groups is 4. The minimum atomic E-state index is -1.24. The van der Waals surface area contributed by atoms with Gasteiger partial charge in [-0.2, -0.15) is 5.26 Å². The van der Waals surface area contributed by atoms with Crippen molar-refractivity contribution in [1.82, 2.24) is 0 Å². The van der Waals surface area contributed by atoms with Gasteiger partial charge in [-0.3, -0.25) is 0 Å². The molecule has 0 aromatic rings. The second kappa shape index (κ2) is 8.98. The van der Waals surface area contributed by atoms with Gasteiger partial charge in [0.05, 0.1) is 41.0 Å². The number of esters is 1. The summed E-state index contributed by atoms with van der Waals surface area (Å²) in [5, 5.41) is 55.2. The van der Waals surface area contributed by atoms with E-state index in [1.54, 1.807) is 13.0 Å². The highest BCUT2D eigenvalue weighted by atomic mass is 16.7. The van der Waals surface area contributed by atoms with E-state index in [1.165, 1.54) is 0 Å². The number of cyclic esters (lactones) is 1. The molecule has 0 bridgehead atoms. The highest BCUT2D eigenvalue weighted by Gasteiger charge is 2.72. The maximum absolute atomic E-state index is 12.4. The lowest BCUT2D eigenvalue weighted by molar-refractivity contribution is -0.284. The van der Waals surface area contributed by atoms with E-state index in [0.29, 0.717) is 45.1 Å². The van der Waals surface area contributed by atoms with E-state index < -0.39 is 46.6 Å². The zero-order chi connectivity index (χ0) is 27.1. The summed E-state index contributed by atoms with van der Waals surface area (Å²) in [6, 6.07) is 2.59. The van der Waals surface area contributed by atoms with E-state index in [0.717, 1.165) is 24.8 Å². The Kier molecular flexibility index (Phi) is 6.31. The van der Waals surface area contributed by atoms with Gasteiger partial charge in [-0.1, -0.05) is 6.92 Å². The monoisotopic (exact) mass is 531 g/mol. The largest absolute Gasteiger partial charge is 0.458 e. The maximum Gasteiger partial charge on any atom is 0.331 e. The zero-order valence-corrected chi connectivity index (χ0v) is 22.3. The summed E-state index contributed by atoms with van der Waals surface area (Å²) in [5.74, 6) is -0.449. The highest BCUT2D eigenvalue weighted by Crippen LogP contribution is 2.70. The fourth-order valence-electron chi connectivity index (χ4n) is 9.69. The van der Waals surface area contributed by atoms with Crippen molar-refractivity contribution in [3.63, 3.8) is 0 Å². The van der Waals surface area contributed by atoms with Gasteiger partial charge in [0.2, 0.25) is 0 Å². The number of hydrogen-bond acceptors (Lipinski definition) is 9. The molecule has 5 fully saturated rings. The van der Waals surface area contributed by atoms with Gasteiger partial charge in [0.25, 0.3) is 0 Å². The van der Waals surface area contributed by atoms with Crippen LogP contribution in [-0.2, 0) is 19.0 Å². The van der Waals surface area contributed by atoms with Crippen molar-refractivity contribution in [2.75, 3.05) is 6.61 Å². The molecule has 0 aromatic carbocycles. The van der Waals surface area contributed by atoms with Gasteiger partial charge in [0.1, 0.15) is 12.7 Å². The van der Waals surface area contributed by atoms with Crippen molar-refractivity contribution < 1.29 is 39.4 Å². The van der Waals surface area contributed by atoms with Crippen molar-refractivity contribution in [3.8, 4) is 6.07 Å². The number of hydrogen-bond donors (Lipinski definition) is 4. The van der Waals surface area contributed by atoms with E-state index in [-0.39, 0.29) is 36.2 Å². The fraction of sp³-hybridized carbons (Fsp3) is 0.862. The predicted octanol–water partition coefficient (Wildman–Crippen LogP) is 2.10. The third-order valence-corrected chi connectivity index (χ3v) is 11.8. The summed E-state index contributed by atoms with van der Waals surface area (Å²) >= 11 is 0. The van der Waals surface area contributed by atoms with Gasteiger partial charge in [-0.05, 0) is 81.6 Å². The second-order valence-corrected chi connectivity index (χ2v) is 13.2. The van der Waals surface area contributed by atoms with Crippen molar-refractivity contribution in [3.05, 3.63) is 11.6 Å². The lowest BCUT2D eigenvalue weighted by Gasteiger charge is -2.64. The number of carbonyl (C=O) groups is 1. The van der Waals surface area contributed by atoms with Crippen LogP contribution in [0.4, 0.5) is 0 Å². The molecule has 4 aliphatic carbocycles. The lowest BCUT2D eigenvalue weighted by Crippen LogP contribution is -2.68. The van der Waals surface area contributed by atoms with Crippen molar-refractivity contribution in [2.24, 2.45) is 28.6 Å². The van der Waals surface area contributed by atoms with Crippen molar-refractivity contribution >= 4 is 5.97 Å². The molecule has 4 saturated carbocycles. The molecular weight excluding hydrogens is 490 g/mol. The first kappa shape index (κ1) is 26.7. The van der Waals surface area contributed by atoms with Crippen LogP contribution in [0.3, 0.4) is 0 Å². The number of rotatable bonds is 3. The van der Waals surface area contributed by atoms with Crippen molar-refractivity contribution in [2.45, 2.75) is 120 Å². The normalized spacial score (nSPS) is 54.2. The minimum Gasteiger partial charge on any atom is -0.458 e. The second-order valence-electron chi connectivity index (χ2n) is 13.2. The maximum atomic E-state index is 12.4. The number of aliphatic hydroxyl groups excluding tert-OH is 2. The van der Waals surface area contributed by atoms with Gasteiger partial charge in [0, 0.05) is 24.3 Å². The van der Waals surface area contributed by atoms with E-state index >= 15 is 0 Å². The van der Waals surface area contributed by atoms with E-state index in [1.807, 2.05) is 0 Å². The van der Waals surface area contributed by atoms with Crippen LogP contribution in [0.1, 0.15) is 78.1 Å². The van der Waals surface area contributed by atoms with Crippen LogP contribution in [0.5, 0.6) is 0 Å². The molecule has 0 aromatic heterocycles. The summed E-state index contributed by atoms with van der Waals surface area (Å²) in [7, 11) is 0. The minimum absolute atomic E-state index is 0.0784. The van der Waals surface area contributed by atoms with Crippen LogP contribution in [0.15, 0.2) is 11.6 Å². The third kappa shape index (κ3) is 3.60. The van der Waals surface area contributed by atoms with Crippen LogP contribution >= 0.6 is 0 Å². The molecule has 9 heteroatoms. The zero-order valence-electron chi connectivity index (χ0n) is 22.3. The fourth-order valence-corrected chi connectivity index (χ4v) is 9.69. The molecule has 6 rings (SSSR count). The third-order valence-electron chi connectivity index (χ3n) is 11.8. The van der Waals surface area contributed by atoms with Crippen LogP contribution in [0.25, 0.3) is 0 Å². The Labute approximate surface area is 223 Å². The van der Waals surface area contributed by atoms with Crippen molar-refractivity contribution in [1.29, 1.82) is 5.26 Å². The van der Waals surface area contributed by atoms with Gasteiger partial charge in [0.15, 0.2) is 6.29 Å². The highest BCUT2D eigenvalue weighted by molar-refractivity contribution is 5.85. The molecule has 0 spiro atoms. The lowest BCUT2D eigenvalue weighted by atomic mass is 9.41. The standard InChI is InChI=1S/C29H41NO8/c1-16-25(33)22(31)12-24(37-16)38-18-3-8-27(15-30)20-4-7-26(2)19(17-11-23(32)36-14-17)6-10-29(26,35)21(20)5-9-28(27,34)13-18/h11,16,18-22,24-25,31,33-35H,3-10,12-14H2,1-2H3/t16?,18?,19-,20-,21?,22?,24?,25?,26+,27-,28?,29?/m0/s1. The van der Waals surface area contributed by atoms with Crippen LogP contribution in [0.2, 0.25) is 0 Å². The van der Waals surface area contributed by atoms with Crippen LogP contribution in [0, 0.1) is 39.9 Å². The van der Waals surface area contributed by atoms with Gasteiger partial charge in [-0.15, -0.1) is 0 Å². The number of nitriles is 1. The number of carbonyl (C=O) groups excluding carboxylic acids is 1. The van der Waals surface area contributed by atoms with Gasteiger partial charge >= 0.3 is 5.97 Å². The predicted molar refractivity (Wildman–Crippen MR) is 133 cm³/mol.